The Balaban J connectivity index is 3.29. The second-order valence-corrected chi connectivity index (χ2v) is 4.78. The number of hydrogen-bond donors (Lipinski definition) is 5. The average molecular weight is 348 g/mol. The van der Waals surface area contributed by atoms with E-state index >= 15 is 0 Å². The lowest BCUT2D eigenvalue weighted by Crippen LogP contribution is -2.16. The Bertz CT molecular complexity index is 965. The molecule has 0 aliphatic heterocycles. The van der Waals surface area contributed by atoms with Gasteiger partial charge in [-0.15, -0.1) is 0 Å². The molecule has 0 unspecified atom stereocenters. The van der Waals surface area contributed by atoms with E-state index in [9.17, 15) is 39.3 Å². The van der Waals surface area contributed by atoms with Crippen molar-refractivity contribution < 1.29 is 49.5 Å². The molecule has 0 amide bonds. The molecule has 2 rings (SSSR count). The van der Waals surface area contributed by atoms with Crippen LogP contribution in [0.1, 0.15) is 51.8 Å². The number of fused-ring (bicyclic) bond motifs is 1. The molecule has 0 spiro atoms. The van der Waals surface area contributed by atoms with Crippen LogP contribution >= 0.6 is 0 Å². The molecule has 0 heterocycles. The van der Waals surface area contributed by atoms with E-state index in [1.807, 2.05) is 0 Å². The molecule has 0 radical (unpaired) electrons. The monoisotopic (exact) mass is 348 g/mol. The van der Waals surface area contributed by atoms with Gasteiger partial charge in [0, 0.05) is 5.39 Å². The van der Waals surface area contributed by atoms with Gasteiger partial charge in [0.15, 0.2) is 0 Å². The van der Waals surface area contributed by atoms with E-state index in [-0.39, 0.29) is 0 Å². The molecule has 0 fully saturated rings. The maximum Gasteiger partial charge on any atom is 0.337 e. The Labute approximate surface area is 137 Å². The molecule has 2 aromatic rings. The highest BCUT2D eigenvalue weighted by Crippen LogP contribution is 2.32. The molecule has 0 atom stereocenters. The van der Waals surface area contributed by atoms with Crippen LogP contribution in [0.5, 0.6) is 0 Å². The van der Waals surface area contributed by atoms with Gasteiger partial charge < -0.3 is 25.5 Å². The van der Waals surface area contributed by atoms with Crippen molar-refractivity contribution in [2.24, 2.45) is 0 Å². The van der Waals surface area contributed by atoms with E-state index in [2.05, 4.69) is 0 Å². The number of carboxylic acids is 5. The van der Waals surface area contributed by atoms with Gasteiger partial charge in [-0.25, -0.2) is 24.0 Å². The Morgan fingerprint density at radius 3 is 1.40 bits per heavy atom. The first-order valence-corrected chi connectivity index (χ1v) is 6.38. The number of carbonyl (C=O) groups is 5. The van der Waals surface area contributed by atoms with Crippen LogP contribution in [-0.4, -0.2) is 55.4 Å². The number of benzene rings is 2. The SMILES string of the molecule is O=C(O)c1ccc2c(C(=O)O)cc(C(=O)O)c(C(=O)O)c2c1C(=O)O. The Kier molecular flexibility index (Phi) is 4.12. The topological polar surface area (TPSA) is 186 Å². The van der Waals surface area contributed by atoms with Gasteiger partial charge in [0.05, 0.1) is 27.8 Å². The average Bonchev–Trinajstić information content (AvgIpc) is 2.50. The van der Waals surface area contributed by atoms with Crippen molar-refractivity contribution in [2.45, 2.75) is 0 Å². The summed E-state index contributed by atoms with van der Waals surface area (Å²) in [6.45, 7) is 0. The summed E-state index contributed by atoms with van der Waals surface area (Å²) in [5.41, 5.74) is -4.46. The van der Waals surface area contributed by atoms with Crippen LogP contribution in [0.4, 0.5) is 0 Å². The molecule has 0 saturated carbocycles. The maximum atomic E-state index is 11.5. The number of carboxylic acid groups (broad SMARTS) is 5. The third kappa shape index (κ3) is 2.72. The molecule has 0 aliphatic rings. The molecular formula is C15H8O10. The third-order valence-corrected chi connectivity index (χ3v) is 3.42. The van der Waals surface area contributed by atoms with E-state index in [4.69, 9.17) is 10.2 Å². The van der Waals surface area contributed by atoms with Crippen LogP contribution < -0.4 is 0 Å². The summed E-state index contributed by atoms with van der Waals surface area (Å²) in [5.74, 6) is -8.83. The van der Waals surface area contributed by atoms with E-state index in [1.165, 1.54) is 0 Å². The minimum absolute atomic E-state index is 0.405. The summed E-state index contributed by atoms with van der Waals surface area (Å²) < 4.78 is 0. The quantitative estimate of drug-likeness (QED) is 0.527. The number of aromatic carboxylic acids is 5. The molecule has 0 aromatic heterocycles. The summed E-state index contributed by atoms with van der Waals surface area (Å²) in [4.78, 5) is 57.0. The fraction of sp³-hybridized carbons (Fsp3) is 0. The highest BCUT2D eigenvalue weighted by molar-refractivity contribution is 6.23. The second kappa shape index (κ2) is 5.92. The van der Waals surface area contributed by atoms with Gasteiger partial charge in [-0.3, -0.25) is 0 Å². The molecule has 128 valence electrons. The molecule has 10 nitrogen and oxygen atoms in total. The molecular weight excluding hydrogens is 340 g/mol. The van der Waals surface area contributed by atoms with Gasteiger partial charge in [0.1, 0.15) is 0 Å². The zero-order valence-corrected chi connectivity index (χ0v) is 12.0. The lowest BCUT2D eigenvalue weighted by molar-refractivity contribution is 0.0646. The number of hydrogen-bond acceptors (Lipinski definition) is 5. The van der Waals surface area contributed by atoms with Crippen molar-refractivity contribution in [3.63, 3.8) is 0 Å². The zero-order chi connectivity index (χ0) is 19.0. The van der Waals surface area contributed by atoms with Crippen molar-refractivity contribution in [1.82, 2.24) is 0 Å². The lowest BCUT2D eigenvalue weighted by atomic mass is 9.89. The zero-order valence-electron chi connectivity index (χ0n) is 12.0. The van der Waals surface area contributed by atoms with Crippen LogP contribution in [-0.2, 0) is 0 Å². The Hall–Kier alpha value is -3.95. The summed E-state index contributed by atoms with van der Waals surface area (Å²) >= 11 is 0. The molecule has 10 heteroatoms. The van der Waals surface area contributed by atoms with Gasteiger partial charge in [0.2, 0.25) is 0 Å². The Morgan fingerprint density at radius 1 is 0.560 bits per heavy atom. The van der Waals surface area contributed by atoms with Crippen molar-refractivity contribution in [3.05, 3.63) is 46.0 Å². The predicted molar refractivity (Wildman–Crippen MR) is 78.7 cm³/mol. The lowest BCUT2D eigenvalue weighted by Gasteiger charge is -2.14. The third-order valence-electron chi connectivity index (χ3n) is 3.42. The first kappa shape index (κ1) is 17.4. The summed E-state index contributed by atoms with van der Waals surface area (Å²) in [6, 6.07) is 2.32. The fourth-order valence-corrected chi connectivity index (χ4v) is 2.48. The maximum absolute atomic E-state index is 11.5. The first-order chi connectivity index (χ1) is 11.6. The second-order valence-electron chi connectivity index (χ2n) is 4.78. The molecule has 25 heavy (non-hydrogen) atoms. The van der Waals surface area contributed by atoms with Crippen molar-refractivity contribution in [3.8, 4) is 0 Å². The largest absolute Gasteiger partial charge is 0.478 e. The first-order valence-electron chi connectivity index (χ1n) is 6.38. The van der Waals surface area contributed by atoms with Crippen LogP contribution in [0.2, 0.25) is 0 Å². The van der Waals surface area contributed by atoms with Gasteiger partial charge in [-0.2, -0.15) is 0 Å². The van der Waals surface area contributed by atoms with Crippen LogP contribution in [0, 0.1) is 0 Å². The Morgan fingerprint density at radius 2 is 1.00 bits per heavy atom. The fourth-order valence-electron chi connectivity index (χ4n) is 2.48. The smallest absolute Gasteiger partial charge is 0.337 e. The highest BCUT2D eigenvalue weighted by Gasteiger charge is 2.30. The molecule has 0 saturated heterocycles. The molecule has 2 aromatic carbocycles. The van der Waals surface area contributed by atoms with Gasteiger partial charge in [-0.1, -0.05) is 6.07 Å². The van der Waals surface area contributed by atoms with Gasteiger partial charge in [0.25, 0.3) is 0 Å². The van der Waals surface area contributed by atoms with E-state index in [1.54, 1.807) is 0 Å². The van der Waals surface area contributed by atoms with Crippen molar-refractivity contribution in [1.29, 1.82) is 0 Å². The van der Waals surface area contributed by atoms with E-state index in [0.29, 0.717) is 6.07 Å². The van der Waals surface area contributed by atoms with Gasteiger partial charge in [-0.05, 0) is 17.5 Å². The standard InChI is InChI=1S/C15H8O10/c16-11(17)5-2-1-4-6(12(18)19)3-7(13(20)21)10(15(24)25)8(4)9(5)14(22)23/h1-3H,(H,16,17)(H,18,19)(H,20,21)(H,22,23)(H,24,25). The van der Waals surface area contributed by atoms with E-state index in [0.717, 1.165) is 12.1 Å². The molecule has 5 N–H and O–H groups in total. The van der Waals surface area contributed by atoms with Gasteiger partial charge >= 0.3 is 29.8 Å². The van der Waals surface area contributed by atoms with Crippen molar-refractivity contribution >= 4 is 40.6 Å². The summed E-state index contributed by atoms with van der Waals surface area (Å²) in [6.07, 6.45) is 0. The normalized spacial score (nSPS) is 10.4. The highest BCUT2D eigenvalue weighted by atomic mass is 16.4. The van der Waals surface area contributed by atoms with Crippen molar-refractivity contribution in [2.75, 3.05) is 0 Å². The molecule has 0 bridgehead atoms. The number of rotatable bonds is 5. The summed E-state index contributed by atoms with van der Waals surface area (Å²) in [5, 5.41) is 45.0. The van der Waals surface area contributed by atoms with Crippen LogP contribution in [0.15, 0.2) is 18.2 Å². The van der Waals surface area contributed by atoms with E-state index < -0.39 is 68.4 Å². The molecule has 0 aliphatic carbocycles. The summed E-state index contributed by atoms with van der Waals surface area (Å²) in [7, 11) is 0. The van der Waals surface area contributed by atoms with Crippen LogP contribution in [0.25, 0.3) is 10.8 Å². The minimum atomic E-state index is -1.84. The van der Waals surface area contributed by atoms with Crippen LogP contribution in [0.3, 0.4) is 0 Å². The minimum Gasteiger partial charge on any atom is -0.478 e. The predicted octanol–water partition coefficient (Wildman–Crippen LogP) is 1.33.